The van der Waals surface area contributed by atoms with Gasteiger partial charge in [0.15, 0.2) is 23.9 Å². The number of hydrogen-bond acceptors (Lipinski definition) is 6. The lowest BCUT2D eigenvalue weighted by molar-refractivity contribution is 0.0471. The minimum Gasteiger partial charge on any atom is -0.493 e. The van der Waals surface area contributed by atoms with E-state index < -0.39 is 5.97 Å². The monoisotopic (exact) mass is 384 g/mol. The topological polar surface area (TPSA) is 71.1 Å². The molecule has 0 amide bonds. The fraction of sp³-hybridized carbons (Fsp3) is 0.364. The van der Waals surface area contributed by atoms with Crippen molar-refractivity contribution in [2.75, 3.05) is 27.9 Å². The highest BCUT2D eigenvalue weighted by molar-refractivity contribution is 6.00. The SMILES string of the molecule is COc1ccc(C(=O)OCC(=O)c2ccc3c(c2)CCCC3)c(OC)c1OC. The summed E-state index contributed by atoms with van der Waals surface area (Å²) in [5, 5.41) is 0. The molecule has 0 fully saturated rings. The Bertz CT molecular complexity index is 887. The molecule has 0 saturated heterocycles. The van der Waals surface area contributed by atoms with Crippen LogP contribution >= 0.6 is 0 Å². The van der Waals surface area contributed by atoms with Crippen LogP contribution in [0.15, 0.2) is 30.3 Å². The largest absolute Gasteiger partial charge is 0.493 e. The molecule has 0 heterocycles. The first-order valence-electron chi connectivity index (χ1n) is 9.20. The van der Waals surface area contributed by atoms with Gasteiger partial charge in [0.1, 0.15) is 5.56 Å². The normalized spacial score (nSPS) is 12.7. The van der Waals surface area contributed by atoms with Gasteiger partial charge in [-0.25, -0.2) is 4.79 Å². The van der Waals surface area contributed by atoms with Gasteiger partial charge < -0.3 is 18.9 Å². The summed E-state index contributed by atoms with van der Waals surface area (Å²) >= 11 is 0. The van der Waals surface area contributed by atoms with Gasteiger partial charge in [-0.15, -0.1) is 0 Å². The average Bonchev–Trinajstić information content (AvgIpc) is 2.75. The van der Waals surface area contributed by atoms with E-state index in [1.807, 2.05) is 12.1 Å². The predicted octanol–water partition coefficient (Wildman–Crippen LogP) is 3.63. The summed E-state index contributed by atoms with van der Waals surface area (Å²) in [6.45, 7) is -0.338. The van der Waals surface area contributed by atoms with E-state index in [2.05, 4.69) is 0 Å². The van der Waals surface area contributed by atoms with E-state index in [0.29, 0.717) is 17.1 Å². The molecule has 148 valence electrons. The summed E-state index contributed by atoms with van der Waals surface area (Å²) in [5.41, 5.74) is 3.24. The van der Waals surface area contributed by atoms with Crippen LogP contribution in [-0.4, -0.2) is 39.7 Å². The second-order valence-corrected chi connectivity index (χ2v) is 6.57. The number of ketones is 1. The zero-order chi connectivity index (χ0) is 20.1. The number of carbonyl (C=O) groups excluding carboxylic acids is 2. The number of carbonyl (C=O) groups is 2. The van der Waals surface area contributed by atoms with Crippen molar-refractivity contribution in [2.24, 2.45) is 0 Å². The van der Waals surface area contributed by atoms with Crippen LogP contribution in [-0.2, 0) is 17.6 Å². The molecule has 0 radical (unpaired) electrons. The summed E-state index contributed by atoms with van der Waals surface area (Å²) in [4.78, 5) is 25.0. The Morgan fingerprint density at radius 3 is 2.25 bits per heavy atom. The van der Waals surface area contributed by atoms with Crippen LogP contribution < -0.4 is 14.2 Å². The lowest BCUT2D eigenvalue weighted by atomic mass is 9.90. The van der Waals surface area contributed by atoms with Crippen molar-refractivity contribution in [3.05, 3.63) is 52.6 Å². The third-order valence-corrected chi connectivity index (χ3v) is 4.93. The average molecular weight is 384 g/mol. The molecule has 0 atom stereocenters. The molecular formula is C22H24O6. The molecule has 0 spiro atoms. The van der Waals surface area contributed by atoms with Gasteiger partial charge in [0, 0.05) is 5.56 Å². The smallest absolute Gasteiger partial charge is 0.342 e. The molecule has 0 unspecified atom stereocenters. The summed E-state index contributed by atoms with van der Waals surface area (Å²) in [6, 6.07) is 8.83. The van der Waals surface area contributed by atoms with Gasteiger partial charge in [-0.3, -0.25) is 4.79 Å². The molecule has 28 heavy (non-hydrogen) atoms. The van der Waals surface area contributed by atoms with Crippen LogP contribution in [0.2, 0.25) is 0 Å². The molecule has 0 saturated carbocycles. The molecule has 3 rings (SSSR count). The second-order valence-electron chi connectivity index (χ2n) is 6.57. The van der Waals surface area contributed by atoms with E-state index in [4.69, 9.17) is 18.9 Å². The number of rotatable bonds is 7. The quantitative estimate of drug-likeness (QED) is 0.536. The van der Waals surface area contributed by atoms with Crippen LogP contribution in [0.5, 0.6) is 17.2 Å². The Morgan fingerprint density at radius 1 is 0.857 bits per heavy atom. The Labute approximate surface area is 164 Å². The standard InChI is InChI=1S/C22H24O6/c1-25-19-11-10-17(20(26-2)21(19)27-3)22(24)28-13-18(23)16-9-8-14-6-4-5-7-15(14)12-16/h8-12H,4-7,13H2,1-3H3. The van der Waals surface area contributed by atoms with Gasteiger partial charge in [-0.05, 0) is 55.0 Å². The molecule has 0 aromatic heterocycles. The highest BCUT2D eigenvalue weighted by Crippen LogP contribution is 2.40. The number of methoxy groups -OCH3 is 3. The Hall–Kier alpha value is -3.02. The third-order valence-electron chi connectivity index (χ3n) is 4.93. The van der Waals surface area contributed by atoms with Crippen molar-refractivity contribution in [3.63, 3.8) is 0 Å². The minimum atomic E-state index is -0.663. The molecule has 6 heteroatoms. The number of esters is 1. The molecule has 0 bridgehead atoms. The molecule has 1 aliphatic rings. The number of aryl methyl sites for hydroxylation is 2. The number of fused-ring (bicyclic) bond motifs is 1. The number of hydrogen-bond donors (Lipinski definition) is 0. The summed E-state index contributed by atoms with van der Waals surface area (Å²) in [7, 11) is 4.37. The summed E-state index contributed by atoms with van der Waals surface area (Å²) in [6.07, 6.45) is 4.36. The van der Waals surface area contributed by atoms with Crippen molar-refractivity contribution in [1.29, 1.82) is 0 Å². The first-order valence-corrected chi connectivity index (χ1v) is 9.20. The third kappa shape index (κ3) is 3.96. The van der Waals surface area contributed by atoms with Crippen LogP contribution in [0.1, 0.15) is 44.7 Å². The van der Waals surface area contributed by atoms with E-state index in [-0.39, 0.29) is 23.7 Å². The van der Waals surface area contributed by atoms with Crippen molar-refractivity contribution in [1.82, 2.24) is 0 Å². The fourth-order valence-corrected chi connectivity index (χ4v) is 3.46. The van der Waals surface area contributed by atoms with Crippen molar-refractivity contribution in [2.45, 2.75) is 25.7 Å². The van der Waals surface area contributed by atoms with Gasteiger partial charge in [0.05, 0.1) is 21.3 Å². The van der Waals surface area contributed by atoms with E-state index in [0.717, 1.165) is 19.3 Å². The highest BCUT2D eigenvalue weighted by atomic mass is 16.5. The van der Waals surface area contributed by atoms with Crippen LogP contribution in [0.3, 0.4) is 0 Å². The molecule has 1 aliphatic carbocycles. The predicted molar refractivity (Wildman–Crippen MR) is 104 cm³/mol. The maximum atomic E-state index is 12.5. The lowest BCUT2D eigenvalue weighted by Crippen LogP contribution is -2.16. The van der Waals surface area contributed by atoms with E-state index in [9.17, 15) is 9.59 Å². The fourth-order valence-electron chi connectivity index (χ4n) is 3.46. The van der Waals surface area contributed by atoms with Crippen LogP contribution in [0.25, 0.3) is 0 Å². The molecular weight excluding hydrogens is 360 g/mol. The van der Waals surface area contributed by atoms with Gasteiger partial charge in [0.2, 0.25) is 5.75 Å². The highest BCUT2D eigenvalue weighted by Gasteiger charge is 2.23. The van der Waals surface area contributed by atoms with Crippen LogP contribution in [0.4, 0.5) is 0 Å². The molecule has 2 aromatic carbocycles. The van der Waals surface area contributed by atoms with E-state index in [1.54, 1.807) is 12.1 Å². The Kier molecular flexibility index (Phi) is 6.19. The van der Waals surface area contributed by atoms with E-state index in [1.165, 1.54) is 44.9 Å². The molecule has 0 aliphatic heterocycles. The van der Waals surface area contributed by atoms with Crippen molar-refractivity contribution < 1.29 is 28.5 Å². The second kappa shape index (κ2) is 8.78. The van der Waals surface area contributed by atoms with Gasteiger partial charge in [-0.1, -0.05) is 12.1 Å². The maximum Gasteiger partial charge on any atom is 0.342 e. The molecule has 0 N–H and O–H groups in total. The van der Waals surface area contributed by atoms with Gasteiger partial charge in [-0.2, -0.15) is 0 Å². The van der Waals surface area contributed by atoms with E-state index >= 15 is 0 Å². The Morgan fingerprint density at radius 2 is 1.57 bits per heavy atom. The van der Waals surface area contributed by atoms with Gasteiger partial charge in [0.25, 0.3) is 0 Å². The molecule has 6 nitrogen and oxygen atoms in total. The summed E-state index contributed by atoms with van der Waals surface area (Å²) in [5.74, 6) is 0.0276. The Balaban J connectivity index is 1.73. The van der Waals surface area contributed by atoms with Gasteiger partial charge >= 0.3 is 5.97 Å². The van der Waals surface area contributed by atoms with Crippen LogP contribution in [0, 0.1) is 0 Å². The lowest BCUT2D eigenvalue weighted by Gasteiger charge is -2.16. The minimum absolute atomic E-state index is 0.165. The number of Topliss-reactive ketones (excluding diaryl/α,β-unsaturated/α-hetero) is 1. The number of ether oxygens (including phenoxy) is 4. The first kappa shape index (κ1) is 19.7. The summed E-state index contributed by atoms with van der Waals surface area (Å²) < 4.78 is 21.0. The zero-order valence-corrected chi connectivity index (χ0v) is 16.4. The maximum absolute atomic E-state index is 12.5. The molecule has 2 aromatic rings. The van der Waals surface area contributed by atoms with Crippen molar-refractivity contribution >= 4 is 11.8 Å². The van der Waals surface area contributed by atoms with Crippen molar-refractivity contribution in [3.8, 4) is 17.2 Å². The number of benzene rings is 2. The zero-order valence-electron chi connectivity index (χ0n) is 16.4. The first-order chi connectivity index (χ1) is 13.6.